The summed E-state index contributed by atoms with van der Waals surface area (Å²) in [4.78, 5) is 14.5. The second-order valence-corrected chi connectivity index (χ2v) is 9.57. The van der Waals surface area contributed by atoms with Gasteiger partial charge in [0.25, 0.3) is 10.2 Å². The van der Waals surface area contributed by atoms with Gasteiger partial charge in [-0.2, -0.15) is 17.0 Å². The molecule has 25 heavy (non-hydrogen) atoms. The van der Waals surface area contributed by atoms with Crippen LogP contribution in [-0.4, -0.2) is 79.3 Å². The van der Waals surface area contributed by atoms with Crippen LogP contribution in [-0.2, 0) is 19.7 Å². The molecule has 1 aliphatic carbocycles. The average molecular weight is 374 g/mol. The fraction of sp³-hybridized carbons (Fsp3) is 0.941. The van der Waals surface area contributed by atoms with E-state index in [1.54, 1.807) is 0 Å². The first kappa shape index (κ1) is 19.1. The number of nitrogens with zero attached hydrogens (tertiary/aromatic N) is 3. The molecule has 1 saturated carbocycles. The SMILES string of the molecule is CC1CN(S(=O)(=O)N2CCN(C(=O)C3CCCCC3)CC2)CC(C)O1. The maximum atomic E-state index is 12.9. The molecule has 0 radical (unpaired) electrons. The standard InChI is InChI=1S/C17H31N3O4S/c1-14-12-20(13-15(2)24-14)25(22,23)19-10-8-18(9-11-19)17(21)16-6-4-3-5-7-16/h14-16H,3-13H2,1-2H3. The van der Waals surface area contributed by atoms with Crippen LogP contribution in [0.25, 0.3) is 0 Å². The van der Waals surface area contributed by atoms with E-state index in [-0.39, 0.29) is 24.0 Å². The minimum atomic E-state index is -3.48. The molecule has 0 bridgehead atoms. The molecular formula is C17H31N3O4S. The van der Waals surface area contributed by atoms with Gasteiger partial charge in [-0.25, -0.2) is 0 Å². The second kappa shape index (κ2) is 7.90. The fourth-order valence-electron chi connectivity index (χ4n) is 4.23. The molecule has 7 nitrogen and oxygen atoms in total. The summed E-state index contributed by atoms with van der Waals surface area (Å²) in [5.41, 5.74) is 0. The Labute approximate surface area is 151 Å². The Kier molecular flexibility index (Phi) is 6.03. The van der Waals surface area contributed by atoms with Crippen LogP contribution in [0.3, 0.4) is 0 Å². The lowest BCUT2D eigenvalue weighted by Gasteiger charge is -2.41. The van der Waals surface area contributed by atoms with Crippen molar-refractivity contribution in [2.75, 3.05) is 39.3 Å². The highest BCUT2D eigenvalue weighted by Gasteiger charge is 2.38. The average Bonchev–Trinajstić information content (AvgIpc) is 2.61. The first-order valence-electron chi connectivity index (χ1n) is 9.57. The zero-order valence-electron chi connectivity index (χ0n) is 15.4. The van der Waals surface area contributed by atoms with Crippen molar-refractivity contribution in [1.29, 1.82) is 0 Å². The Morgan fingerprint density at radius 1 is 0.880 bits per heavy atom. The number of amides is 1. The molecule has 0 spiro atoms. The highest BCUT2D eigenvalue weighted by Crippen LogP contribution is 2.26. The second-order valence-electron chi connectivity index (χ2n) is 7.64. The van der Waals surface area contributed by atoms with Gasteiger partial charge in [-0.15, -0.1) is 0 Å². The molecule has 0 aromatic heterocycles. The van der Waals surface area contributed by atoms with Gasteiger partial charge in [-0.1, -0.05) is 19.3 Å². The maximum absolute atomic E-state index is 12.9. The number of piperazine rings is 1. The summed E-state index contributed by atoms with van der Waals surface area (Å²) in [6.45, 7) is 6.38. The van der Waals surface area contributed by atoms with Gasteiger partial charge in [0, 0.05) is 45.2 Å². The maximum Gasteiger partial charge on any atom is 0.282 e. The Balaban J connectivity index is 1.56. The molecule has 0 aromatic rings. The van der Waals surface area contributed by atoms with Gasteiger partial charge in [0.1, 0.15) is 0 Å². The van der Waals surface area contributed by atoms with Crippen molar-refractivity contribution in [2.45, 2.75) is 58.2 Å². The van der Waals surface area contributed by atoms with E-state index in [0.29, 0.717) is 39.3 Å². The molecule has 3 rings (SSSR count). The van der Waals surface area contributed by atoms with Crippen LogP contribution in [0.15, 0.2) is 0 Å². The van der Waals surface area contributed by atoms with Crippen LogP contribution in [0.5, 0.6) is 0 Å². The summed E-state index contributed by atoms with van der Waals surface area (Å²) in [5, 5.41) is 0. The Hall–Kier alpha value is -0.700. The third-order valence-corrected chi connectivity index (χ3v) is 7.51. The predicted octanol–water partition coefficient (Wildman–Crippen LogP) is 1.06. The highest BCUT2D eigenvalue weighted by atomic mass is 32.2. The van der Waals surface area contributed by atoms with E-state index in [0.717, 1.165) is 25.7 Å². The van der Waals surface area contributed by atoms with Gasteiger partial charge in [0.2, 0.25) is 5.91 Å². The molecule has 2 saturated heterocycles. The third-order valence-electron chi connectivity index (χ3n) is 5.54. The Morgan fingerprint density at radius 2 is 1.44 bits per heavy atom. The number of carbonyl (C=O) groups excluding carboxylic acids is 1. The molecule has 144 valence electrons. The van der Waals surface area contributed by atoms with E-state index >= 15 is 0 Å². The summed E-state index contributed by atoms with van der Waals surface area (Å²) in [6.07, 6.45) is 5.30. The summed E-state index contributed by atoms with van der Waals surface area (Å²) < 4.78 is 34.5. The van der Waals surface area contributed by atoms with Crippen LogP contribution < -0.4 is 0 Å². The molecule has 2 unspecified atom stereocenters. The van der Waals surface area contributed by atoms with E-state index in [9.17, 15) is 13.2 Å². The van der Waals surface area contributed by atoms with Crippen LogP contribution >= 0.6 is 0 Å². The van der Waals surface area contributed by atoms with E-state index in [1.165, 1.54) is 15.0 Å². The monoisotopic (exact) mass is 373 g/mol. The van der Waals surface area contributed by atoms with Gasteiger partial charge in [-0.05, 0) is 26.7 Å². The lowest BCUT2D eigenvalue weighted by atomic mass is 9.88. The van der Waals surface area contributed by atoms with Gasteiger partial charge >= 0.3 is 0 Å². The van der Waals surface area contributed by atoms with E-state index in [2.05, 4.69) is 0 Å². The van der Waals surface area contributed by atoms with Crippen LogP contribution in [0.4, 0.5) is 0 Å². The van der Waals surface area contributed by atoms with Crippen molar-refractivity contribution in [2.24, 2.45) is 5.92 Å². The first-order chi connectivity index (χ1) is 11.9. The van der Waals surface area contributed by atoms with E-state index in [4.69, 9.17) is 4.74 Å². The molecule has 0 aromatic carbocycles. The van der Waals surface area contributed by atoms with Gasteiger partial charge in [0.15, 0.2) is 0 Å². The first-order valence-corrected chi connectivity index (χ1v) is 11.0. The van der Waals surface area contributed by atoms with Crippen molar-refractivity contribution >= 4 is 16.1 Å². The van der Waals surface area contributed by atoms with Crippen molar-refractivity contribution in [3.63, 3.8) is 0 Å². The third kappa shape index (κ3) is 4.35. The number of ether oxygens (including phenoxy) is 1. The summed E-state index contributed by atoms with van der Waals surface area (Å²) in [6, 6.07) is 0. The minimum absolute atomic E-state index is 0.0901. The van der Waals surface area contributed by atoms with Gasteiger partial charge in [0.05, 0.1) is 12.2 Å². The number of carbonyl (C=O) groups is 1. The van der Waals surface area contributed by atoms with Crippen molar-refractivity contribution < 1.29 is 17.9 Å². The van der Waals surface area contributed by atoms with E-state index < -0.39 is 10.2 Å². The predicted molar refractivity (Wildman–Crippen MR) is 95.2 cm³/mol. The van der Waals surface area contributed by atoms with Crippen molar-refractivity contribution in [1.82, 2.24) is 13.5 Å². The fourth-order valence-corrected chi connectivity index (χ4v) is 5.98. The topological polar surface area (TPSA) is 70.2 Å². The summed E-state index contributed by atoms with van der Waals surface area (Å²) in [7, 11) is -3.48. The van der Waals surface area contributed by atoms with Crippen LogP contribution in [0.2, 0.25) is 0 Å². The number of rotatable bonds is 3. The molecule has 8 heteroatoms. The molecule has 1 amide bonds. The largest absolute Gasteiger partial charge is 0.373 e. The zero-order valence-corrected chi connectivity index (χ0v) is 16.2. The minimum Gasteiger partial charge on any atom is -0.373 e. The summed E-state index contributed by atoms with van der Waals surface area (Å²) in [5.74, 6) is 0.378. The summed E-state index contributed by atoms with van der Waals surface area (Å²) >= 11 is 0. The highest BCUT2D eigenvalue weighted by molar-refractivity contribution is 7.86. The zero-order chi connectivity index (χ0) is 18.0. The number of hydrogen-bond acceptors (Lipinski definition) is 4. The number of morpholine rings is 1. The molecule has 3 fully saturated rings. The molecule has 2 heterocycles. The molecule has 2 aliphatic heterocycles. The molecule has 3 aliphatic rings. The Morgan fingerprint density at radius 3 is 2.00 bits per heavy atom. The van der Waals surface area contributed by atoms with Crippen LogP contribution in [0.1, 0.15) is 46.0 Å². The van der Waals surface area contributed by atoms with Crippen molar-refractivity contribution in [3.05, 3.63) is 0 Å². The molecular weight excluding hydrogens is 342 g/mol. The lowest BCUT2D eigenvalue weighted by molar-refractivity contribution is -0.137. The smallest absolute Gasteiger partial charge is 0.282 e. The quantitative estimate of drug-likeness (QED) is 0.742. The molecule has 2 atom stereocenters. The van der Waals surface area contributed by atoms with Gasteiger partial charge < -0.3 is 9.64 Å². The van der Waals surface area contributed by atoms with Gasteiger partial charge in [-0.3, -0.25) is 4.79 Å². The number of hydrogen-bond donors (Lipinski definition) is 0. The lowest BCUT2D eigenvalue weighted by Crippen LogP contribution is -2.58. The Bertz CT molecular complexity index is 558. The van der Waals surface area contributed by atoms with Crippen molar-refractivity contribution in [3.8, 4) is 0 Å². The van der Waals surface area contributed by atoms with E-state index in [1.807, 2.05) is 18.7 Å². The normalized spacial score (nSPS) is 31.2. The van der Waals surface area contributed by atoms with Crippen LogP contribution in [0, 0.1) is 5.92 Å². The molecule has 0 N–H and O–H groups in total.